The van der Waals surface area contributed by atoms with Crippen molar-refractivity contribution in [2.75, 3.05) is 27.4 Å². The van der Waals surface area contributed by atoms with Crippen molar-refractivity contribution in [1.29, 1.82) is 0 Å². The minimum atomic E-state index is -0.332. The SMILES string of the molecule is COc1ccc(COCC2=CO[C@@H](OC)[C@@H]3C(CO)=CC[C@H]23)cc1. The first-order chi connectivity index (χ1) is 11.8. The number of benzene rings is 1. The van der Waals surface area contributed by atoms with Gasteiger partial charge in [0.05, 0.1) is 39.1 Å². The average molecular weight is 332 g/mol. The lowest BCUT2D eigenvalue weighted by Gasteiger charge is -2.34. The van der Waals surface area contributed by atoms with Gasteiger partial charge in [-0.25, -0.2) is 0 Å². The highest BCUT2D eigenvalue weighted by Gasteiger charge is 2.41. The molecule has 5 nitrogen and oxygen atoms in total. The molecule has 5 heteroatoms. The summed E-state index contributed by atoms with van der Waals surface area (Å²) in [6.07, 6.45) is 4.41. The molecule has 0 unspecified atom stereocenters. The molecule has 0 spiro atoms. The van der Waals surface area contributed by atoms with E-state index >= 15 is 0 Å². The van der Waals surface area contributed by atoms with Crippen LogP contribution in [0.3, 0.4) is 0 Å². The van der Waals surface area contributed by atoms with E-state index in [0.717, 1.165) is 28.9 Å². The van der Waals surface area contributed by atoms with E-state index in [2.05, 4.69) is 6.08 Å². The first-order valence-electron chi connectivity index (χ1n) is 8.14. The van der Waals surface area contributed by atoms with E-state index in [-0.39, 0.29) is 24.7 Å². The smallest absolute Gasteiger partial charge is 0.205 e. The maximum atomic E-state index is 9.53. The summed E-state index contributed by atoms with van der Waals surface area (Å²) in [5.41, 5.74) is 3.20. The summed E-state index contributed by atoms with van der Waals surface area (Å²) in [6.45, 7) is 1.09. The van der Waals surface area contributed by atoms with Crippen LogP contribution >= 0.6 is 0 Å². The molecule has 2 aliphatic rings. The molecule has 0 saturated heterocycles. The standard InChI is InChI=1S/C19H24O5/c1-21-16-6-3-13(4-7-16)10-23-11-15-12-24-19(22-2)18-14(9-20)5-8-17(15)18/h3-7,12,17-20H,8-11H2,1-2H3/t17-,18-,19-/m1/s1. The summed E-state index contributed by atoms with van der Waals surface area (Å²) in [4.78, 5) is 0. The molecule has 0 amide bonds. The van der Waals surface area contributed by atoms with Crippen LogP contribution in [0.5, 0.6) is 5.75 Å². The van der Waals surface area contributed by atoms with Crippen LogP contribution in [0.25, 0.3) is 0 Å². The quantitative estimate of drug-likeness (QED) is 0.778. The fourth-order valence-corrected chi connectivity index (χ4v) is 3.41. The third kappa shape index (κ3) is 3.48. The number of aliphatic hydroxyl groups excluding tert-OH is 1. The van der Waals surface area contributed by atoms with Crippen molar-refractivity contribution in [1.82, 2.24) is 0 Å². The number of rotatable bonds is 7. The van der Waals surface area contributed by atoms with Crippen molar-refractivity contribution in [3.05, 3.63) is 53.3 Å². The Morgan fingerprint density at radius 2 is 1.92 bits per heavy atom. The summed E-state index contributed by atoms with van der Waals surface area (Å²) < 4.78 is 22.1. The zero-order valence-electron chi connectivity index (χ0n) is 14.1. The van der Waals surface area contributed by atoms with Crippen LogP contribution < -0.4 is 4.74 Å². The molecule has 0 radical (unpaired) electrons. The fraction of sp³-hybridized carbons (Fsp3) is 0.474. The minimum absolute atomic E-state index is 0.0460. The van der Waals surface area contributed by atoms with Gasteiger partial charge in [0.1, 0.15) is 5.75 Å². The molecule has 0 fully saturated rings. The number of allylic oxidation sites excluding steroid dienone is 1. The molecule has 1 N–H and O–H groups in total. The van der Waals surface area contributed by atoms with Gasteiger partial charge in [-0.15, -0.1) is 0 Å². The lowest BCUT2D eigenvalue weighted by molar-refractivity contribution is -0.131. The zero-order chi connectivity index (χ0) is 16.9. The Hall–Kier alpha value is -1.82. The van der Waals surface area contributed by atoms with Crippen molar-refractivity contribution in [3.63, 3.8) is 0 Å². The molecule has 1 aliphatic heterocycles. The molecule has 1 aromatic carbocycles. The lowest BCUT2D eigenvalue weighted by Crippen LogP contribution is -2.35. The van der Waals surface area contributed by atoms with E-state index in [0.29, 0.717) is 13.2 Å². The summed E-state index contributed by atoms with van der Waals surface area (Å²) in [6, 6.07) is 7.84. The monoisotopic (exact) mass is 332 g/mol. The highest BCUT2D eigenvalue weighted by atomic mass is 16.7. The first kappa shape index (κ1) is 17.0. The maximum Gasteiger partial charge on any atom is 0.205 e. The molecule has 1 aliphatic carbocycles. The Morgan fingerprint density at radius 1 is 1.12 bits per heavy atom. The van der Waals surface area contributed by atoms with Crippen LogP contribution in [0.1, 0.15) is 12.0 Å². The van der Waals surface area contributed by atoms with Gasteiger partial charge in [-0.3, -0.25) is 0 Å². The Bertz CT molecular complexity index is 605. The van der Waals surface area contributed by atoms with Gasteiger partial charge >= 0.3 is 0 Å². The molecule has 0 saturated carbocycles. The van der Waals surface area contributed by atoms with Gasteiger partial charge in [0.25, 0.3) is 0 Å². The van der Waals surface area contributed by atoms with Gasteiger partial charge in [-0.2, -0.15) is 0 Å². The van der Waals surface area contributed by atoms with E-state index in [1.165, 1.54) is 0 Å². The Balaban J connectivity index is 1.58. The molecule has 1 heterocycles. The molecule has 1 aromatic rings. The molecule has 24 heavy (non-hydrogen) atoms. The number of hydrogen-bond acceptors (Lipinski definition) is 5. The maximum absolute atomic E-state index is 9.53. The average Bonchev–Trinajstić information content (AvgIpc) is 3.07. The molecule has 130 valence electrons. The highest BCUT2D eigenvalue weighted by molar-refractivity contribution is 5.28. The van der Waals surface area contributed by atoms with E-state index in [1.54, 1.807) is 20.5 Å². The van der Waals surface area contributed by atoms with Crippen molar-refractivity contribution >= 4 is 0 Å². The molecule has 3 atom stereocenters. The van der Waals surface area contributed by atoms with Gasteiger partial charge in [-0.1, -0.05) is 18.2 Å². The molecular formula is C19H24O5. The third-order valence-electron chi connectivity index (χ3n) is 4.73. The summed E-state index contributed by atoms with van der Waals surface area (Å²) in [7, 11) is 3.29. The zero-order valence-corrected chi connectivity index (χ0v) is 14.1. The number of hydrogen-bond donors (Lipinski definition) is 1. The number of ether oxygens (including phenoxy) is 4. The van der Waals surface area contributed by atoms with Gasteiger partial charge in [0.2, 0.25) is 6.29 Å². The Morgan fingerprint density at radius 3 is 2.58 bits per heavy atom. The summed E-state index contributed by atoms with van der Waals surface area (Å²) in [5.74, 6) is 1.19. The van der Waals surface area contributed by atoms with Crippen LogP contribution in [-0.4, -0.2) is 38.8 Å². The number of fused-ring (bicyclic) bond motifs is 1. The number of aliphatic hydroxyl groups is 1. The third-order valence-corrected chi connectivity index (χ3v) is 4.73. The molecule has 3 rings (SSSR count). The van der Waals surface area contributed by atoms with Gasteiger partial charge in [0.15, 0.2) is 0 Å². The van der Waals surface area contributed by atoms with Crippen LogP contribution in [0.4, 0.5) is 0 Å². The van der Waals surface area contributed by atoms with Crippen LogP contribution in [0.2, 0.25) is 0 Å². The number of methoxy groups -OCH3 is 2. The summed E-state index contributed by atoms with van der Waals surface area (Å²) >= 11 is 0. The van der Waals surface area contributed by atoms with Gasteiger partial charge in [-0.05, 0) is 35.3 Å². The van der Waals surface area contributed by atoms with Gasteiger partial charge < -0.3 is 24.1 Å². The van der Waals surface area contributed by atoms with Crippen molar-refractivity contribution in [2.45, 2.75) is 19.3 Å². The van der Waals surface area contributed by atoms with Crippen LogP contribution in [0, 0.1) is 11.8 Å². The van der Waals surface area contributed by atoms with E-state index < -0.39 is 0 Å². The lowest BCUT2D eigenvalue weighted by atomic mass is 9.84. The highest BCUT2D eigenvalue weighted by Crippen LogP contribution is 2.43. The second-order valence-corrected chi connectivity index (χ2v) is 6.08. The molecule has 0 bridgehead atoms. The Labute approximate surface area is 142 Å². The second-order valence-electron chi connectivity index (χ2n) is 6.08. The van der Waals surface area contributed by atoms with Crippen molar-refractivity contribution in [3.8, 4) is 5.75 Å². The van der Waals surface area contributed by atoms with Crippen molar-refractivity contribution in [2.24, 2.45) is 11.8 Å². The van der Waals surface area contributed by atoms with E-state index in [9.17, 15) is 5.11 Å². The predicted molar refractivity (Wildman–Crippen MR) is 89.4 cm³/mol. The largest absolute Gasteiger partial charge is 0.497 e. The molecular weight excluding hydrogens is 308 g/mol. The molecule has 0 aromatic heterocycles. The minimum Gasteiger partial charge on any atom is -0.497 e. The van der Waals surface area contributed by atoms with Crippen LogP contribution in [-0.2, 0) is 20.8 Å². The van der Waals surface area contributed by atoms with Gasteiger partial charge in [0, 0.05) is 13.0 Å². The summed E-state index contributed by atoms with van der Waals surface area (Å²) in [5, 5.41) is 9.53. The fourth-order valence-electron chi connectivity index (χ4n) is 3.41. The topological polar surface area (TPSA) is 57.2 Å². The second kappa shape index (κ2) is 7.83. The Kier molecular flexibility index (Phi) is 5.56. The van der Waals surface area contributed by atoms with E-state index in [4.69, 9.17) is 18.9 Å². The first-order valence-corrected chi connectivity index (χ1v) is 8.14. The predicted octanol–water partition coefficient (Wildman–Crippen LogP) is 2.65. The van der Waals surface area contributed by atoms with E-state index in [1.807, 2.05) is 24.3 Å². The normalized spacial score (nSPS) is 25.5. The van der Waals surface area contributed by atoms with Crippen LogP contribution in [0.15, 0.2) is 47.7 Å². The van der Waals surface area contributed by atoms with Crippen molar-refractivity contribution < 1.29 is 24.1 Å².